The molecule has 0 spiro atoms. The van der Waals surface area contributed by atoms with Gasteiger partial charge in [0.25, 0.3) is 0 Å². The van der Waals surface area contributed by atoms with E-state index in [4.69, 9.17) is 54.9 Å². The first-order chi connectivity index (χ1) is 17.3. The summed E-state index contributed by atoms with van der Waals surface area (Å²) in [5, 5.41) is 0. The van der Waals surface area contributed by atoms with E-state index in [0.29, 0.717) is 0 Å². The number of halogens is 16. The molecule has 2 aromatic carbocycles. The maximum atomic E-state index is 8.00. The van der Waals surface area contributed by atoms with Crippen molar-refractivity contribution in [3.8, 4) is 0 Å². The molecule has 0 bridgehead atoms. The molecule has 254 valence electrons. The Kier molecular flexibility index (Phi) is 122. The first kappa shape index (κ1) is 78.9. The van der Waals surface area contributed by atoms with E-state index >= 15 is 0 Å². The smallest absolute Gasteiger partial charge is 1.00 e. The van der Waals surface area contributed by atoms with Crippen LogP contribution in [0.25, 0.3) is 0 Å². The Labute approximate surface area is 286 Å². The Hall–Kier alpha value is 1.03. The van der Waals surface area contributed by atoms with E-state index in [1.807, 2.05) is 0 Å². The summed E-state index contributed by atoms with van der Waals surface area (Å²) in [6.45, 7) is 0. The molecule has 0 aliphatic carbocycles. The van der Waals surface area contributed by atoms with Gasteiger partial charge >= 0.3 is 215 Å². The van der Waals surface area contributed by atoms with Gasteiger partial charge in [-0.25, -0.2) is 0 Å². The molecular formula is C20H32As4F16Nb2. The molecule has 22 heteroatoms. The predicted octanol–water partition coefficient (Wildman–Crippen LogP) is -3.73. The van der Waals surface area contributed by atoms with Crippen molar-refractivity contribution in [2.45, 2.75) is 45.7 Å². The molecule has 0 N–H and O–H groups in total. The zero-order valence-corrected chi connectivity index (χ0v) is 35.3. The third-order valence-electron chi connectivity index (χ3n) is 3.69. The maximum Gasteiger partial charge on any atom is 2.00 e. The van der Waals surface area contributed by atoms with Crippen LogP contribution in [0.2, 0.25) is 45.7 Å². The second-order valence-corrected chi connectivity index (χ2v) is 25.6. The van der Waals surface area contributed by atoms with Crippen molar-refractivity contribution in [1.82, 2.24) is 0 Å². The average molecular weight is 1060 g/mol. The molecule has 42 heavy (non-hydrogen) atoms. The quantitative estimate of drug-likeness (QED) is 0.219. The summed E-state index contributed by atoms with van der Waals surface area (Å²) in [7, 11) is 0. The normalized spacial score (nSPS) is 7.24. The zero-order valence-electron chi connectivity index (χ0n) is 23.3. The summed E-state index contributed by atoms with van der Waals surface area (Å²) < 4.78 is 103. The van der Waals surface area contributed by atoms with E-state index in [9.17, 15) is 0 Å². The van der Waals surface area contributed by atoms with Crippen molar-refractivity contribution >= 4 is 76.0 Å². The summed E-state index contributed by atoms with van der Waals surface area (Å²) in [5.74, 6) is 0. The second kappa shape index (κ2) is 64.9. The molecule has 0 aliphatic rings. The number of hydrogen-bond acceptors (Lipinski definition) is 0. The van der Waals surface area contributed by atoms with Gasteiger partial charge < -0.3 is 18.8 Å². The van der Waals surface area contributed by atoms with Crippen LogP contribution < -0.4 is 36.2 Å². The van der Waals surface area contributed by atoms with Gasteiger partial charge in [0.15, 0.2) is 0 Å². The van der Waals surface area contributed by atoms with Gasteiger partial charge in [0.1, 0.15) is 0 Å². The standard InChI is InChI=1S/2C10H16As2.6F2.4FH.2Nb/c2*1-11(2)9-7-5-6-8-10(9)12(3)4;6*1-2;;;;;;/h2*5-8H,1-4H3;;;;;;;4*1H;;/q;;;;;;;;;;;;2*+2/p-4. The van der Waals surface area contributed by atoms with Gasteiger partial charge in [-0.1, -0.05) is 0 Å². The zero-order chi connectivity index (χ0) is 30.3. The Morgan fingerprint density at radius 1 is 0.310 bits per heavy atom. The minimum atomic E-state index is -0.651. The van der Waals surface area contributed by atoms with Crippen LogP contribution in [-0.2, 0) is 44.8 Å². The van der Waals surface area contributed by atoms with Gasteiger partial charge in [0.05, 0.1) is 0 Å². The molecule has 0 saturated heterocycles. The molecule has 0 atom stereocenters. The maximum absolute atomic E-state index is 8.00. The van der Waals surface area contributed by atoms with Crippen LogP contribution in [-0.4, -0.2) is 58.6 Å². The third-order valence-corrected chi connectivity index (χ3v) is 16.7. The number of rotatable bonds is 4. The van der Waals surface area contributed by atoms with E-state index in [2.05, 4.69) is 94.2 Å². The van der Waals surface area contributed by atoms with Crippen molar-refractivity contribution in [2.75, 3.05) is 0 Å². The molecule has 0 aromatic heterocycles. The van der Waals surface area contributed by atoms with Crippen LogP contribution in [0.4, 0.5) is 54.9 Å². The van der Waals surface area contributed by atoms with E-state index in [-0.39, 0.29) is 63.6 Å². The van der Waals surface area contributed by atoms with Crippen LogP contribution in [0.1, 0.15) is 0 Å². The van der Waals surface area contributed by atoms with Gasteiger partial charge in [-0.3, -0.25) is 0 Å². The Morgan fingerprint density at radius 2 is 0.405 bits per heavy atom. The third kappa shape index (κ3) is 43.2. The van der Waals surface area contributed by atoms with Crippen LogP contribution >= 0.6 is 0 Å². The van der Waals surface area contributed by atoms with Crippen LogP contribution in [0.15, 0.2) is 48.5 Å². The molecule has 2 aromatic rings. The SMILES string of the molecule is C[As](C)c1ccccc1[As](C)C.C[As](C)c1ccccc1[As](C)C.FF.FF.FF.FF.FF.FF.[F-].[F-].[F-].[F-].[Nb+2].[Nb+2]. The van der Waals surface area contributed by atoms with Gasteiger partial charge in [-0.2, -0.15) is 0 Å². The largest absolute Gasteiger partial charge is 2.00 e. The van der Waals surface area contributed by atoms with Gasteiger partial charge in [-0.05, 0) is 0 Å². The minimum Gasteiger partial charge on any atom is -1.00 e. The van der Waals surface area contributed by atoms with Crippen LogP contribution in [0, 0.1) is 0 Å². The fourth-order valence-electron chi connectivity index (χ4n) is 2.44. The summed E-state index contributed by atoms with van der Waals surface area (Å²) in [4.78, 5) is 0. The molecule has 0 aliphatic heterocycles. The number of hydrogen-bond donors (Lipinski definition) is 0. The summed E-state index contributed by atoms with van der Waals surface area (Å²) in [5.41, 5.74) is 19.4. The molecule has 0 unspecified atom stereocenters. The fourth-order valence-corrected chi connectivity index (χ4v) is 18.9. The Morgan fingerprint density at radius 3 is 0.476 bits per heavy atom. The first-order valence-corrected chi connectivity index (χ1v) is 27.7. The number of benzene rings is 2. The van der Waals surface area contributed by atoms with Gasteiger partial charge in [-0.15, -0.1) is 0 Å². The van der Waals surface area contributed by atoms with Crippen molar-refractivity contribution < 1.29 is 118 Å². The minimum absolute atomic E-state index is 0. The van der Waals surface area contributed by atoms with Crippen molar-refractivity contribution in [1.29, 1.82) is 0 Å². The molecular weight excluding hydrogens is 1030 g/mol. The van der Waals surface area contributed by atoms with Gasteiger partial charge in [0, 0.05) is 54.9 Å². The van der Waals surface area contributed by atoms with E-state index in [1.54, 1.807) is 17.4 Å². The molecule has 0 saturated carbocycles. The van der Waals surface area contributed by atoms with E-state index in [1.165, 1.54) is 0 Å². The topological polar surface area (TPSA) is 0 Å². The molecule has 0 fully saturated rings. The van der Waals surface area contributed by atoms with Crippen LogP contribution in [0.3, 0.4) is 0 Å². The van der Waals surface area contributed by atoms with E-state index < -0.39 is 58.6 Å². The van der Waals surface area contributed by atoms with Crippen molar-refractivity contribution in [3.05, 3.63) is 48.5 Å². The summed E-state index contributed by atoms with van der Waals surface area (Å²) >= 11 is -2.60. The Balaban J connectivity index is -0.0000000285. The van der Waals surface area contributed by atoms with Crippen LogP contribution in [0.5, 0.6) is 0 Å². The van der Waals surface area contributed by atoms with Gasteiger partial charge in [0.2, 0.25) is 0 Å². The first-order valence-electron chi connectivity index (χ1n) is 8.98. The Bertz CT molecular complexity index is 559. The molecule has 0 heterocycles. The monoisotopic (exact) mass is 1060 g/mol. The molecule has 0 nitrogen and oxygen atoms in total. The second-order valence-electron chi connectivity index (χ2n) is 6.56. The molecule has 0 amide bonds. The van der Waals surface area contributed by atoms with E-state index in [0.717, 1.165) is 0 Å². The van der Waals surface area contributed by atoms with Crippen molar-refractivity contribution in [3.63, 3.8) is 0 Å². The predicted molar refractivity (Wildman–Crippen MR) is 135 cm³/mol. The molecule has 2 rings (SSSR count). The fraction of sp³-hybridized carbons (Fsp3) is 0.400. The van der Waals surface area contributed by atoms with Crippen molar-refractivity contribution in [2.24, 2.45) is 0 Å². The molecule has 2 radical (unpaired) electrons. The average Bonchev–Trinajstić information content (AvgIpc) is 2.95. The summed E-state index contributed by atoms with van der Waals surface area (Å²) in [6, 6.07) is 18.1. The summed E-state index contributed by atoms with van der Waals surface area (Å²) in [6.07, 6.45) is 0.